The summed E-state index contributed by atoms with van der Waals surface area (Å²) in [7, 11) is -3.52. The standard InChI is InChI=1S/C23H24N4O4S/c1-13(2)27-22-18(12-24-27)17(11-20(25-22)16-10-14(3)31-15(16)4)23(28)26-19-8-6-7-9-21(19)32(5,29)30/h6-13H,1-5H3,(H,26,28). The van der Waals surface area contributed by atoms with E-state index in [4.69, 9.17) is 9.40 Å². The van der Waals surface area contributed by atoms with Crippen molar-refractivity contribution in [2.24, 2.45) is 0 Å². The molecule has 166 valence electrons. The molecule has 0 bridgehead atoms. The summed E-state index contributed by atoms with van der Waals surface area (Å²) in [5, 5.41) is 7.75. The highest BCUT2D eigenvalue weighted by Gasteiger charge is 2.22. The smallest absolute Gasteiger partial charge is 0.256 e. The number of hydrogen-bond acceptors (Lipinski definition) is 6. The van der Waals surface area contributed by atoms with Gasteiger partial charge < -0.3 is 9.73 Å². The molecule has 3 heterocycles. The monoisotopic (exact) mass is 452 g/mol. The molecule has 0 unspecified atom stereocenters. The van der Waals surface area contributed by atoms with Crippen LogP contribution in [0.5, 0.6) is 0 Å². The zero-order chi connectivity index (χ0) is 23.2. The Labute approximate surface area is 186 Å². The van der Waals surface area contributed by atoms with Crippen LogP contribution in [0, 0.1) is 13.8 Å². The Morgan fingerprint density at radius 1 is 1.16 bits per heavy atom. The van der Waals surface area contributed by atoms with Gasteiger partial charge in [0, 0.05) is 17.9 Å². The largest absolute Gasteiger partial charge is 0.466 e. The zero-order valence-electron chi connectivity index (χ0n) is 18.5. The number of sulfone groups is 1. The molecule has 0 spiro atoms. The van der Waals surface area contributed by atoms with Crippen LogP contribution in [0.4, 0.5) is 5.69 Å². The number of fused-ring (bicyclic) bond motifs is 1. The number of carbonyl (C=O) groups is 1. The summed E-state index contributed by atoms with van der Waals surface area (Å²) in [6.07, 6.45) is 2.72. The third-order valence-corrected chi connectivity index (χ3v) is 6.31. The molecule has 0 fully saturated rings. The van der Waals surface area contributed by atoms with Crippen molar-refractivity contribution in [1.29, 1.82) is 0 Å². The molecule has 9 heteroatoms. The maximum atomic E-state index is 13.4. The van der Waals surface area contributed by atoms with Gasteiger partial charge in [0.2, 0.25) is 0 Å². The number of benzene rings is 1. The number of hydrogen-bond donors (Lipinski definition) is 1. The normalized spacial score (nSPS) is 11.9. The molecule has 0 radical (unpaired) electrons. The van der Waals surface area contributed by atoms with Gasteiger partial charge in [-0.3, -0.25) is 4.79 Å². The maximum absolute atomic E-state index is 13.4. The first kappa shape index (κ1) is 21.8. The van der Waals surface area contributed by atoms with Gasteiger partial charge >= 0.3 is 0 Å². The number of amides is 1. The lowest BCUT2D eigenvalue weighted by atomic mass is 10.1. The summed E-state index contributed by atoms with van der Waals surface area (Å²) in [6, 6.07) is 9.91. The molecule has 32 heavy (non-hydrogen) atoms. The first-order valence-corrected chi connectivity index (χ1v) is 12.0. The molecule has 0 saturated carbocycles. The van der Waals surface area contributed by atoms with Gasteiger partial charge in [0.1, 0.15) is 11.5 Å². The number of anilines is 1. The fourth-order valence-electron chi connectivity index (χ4n) is 3.69. The second-order valence-electron chi connectivity index (χ2n) is 8.02. The molecule has 1 N–H and O–H groups in total. The minimum absolute atomic E-state index is 0.0318. The van der Waals surface area contributed by atoms with Gasteiger partial charge in [0.25, 0.3) is 5.91 Å². The molecule has 0 aliphatic rings. The van der Waals surface area contributed by atoms with Gasteiger partial charge in [-0.1, -0.05) is 12.1 Å². The second kappa shape index (κ2) is 7.90. The molecule has 8 nitrogen and oxygen atoms in total. The number of para-hydroxylation sites is 1. The van der Waals surface area contributed by atoms with E-state index < -0.39 is 15.7 Å². The molecule has 0 aliphatic heterocycles. The SMILES string of the molecule is Cc1cc(-c2cc(C(=O)Nc3ccccc3S(C)(=O)=O)c3cnn(C(C)C)c3n2)c(C)o1. The molecule has 4 rings (SSSR count). The van der Waals surface area contributed by atoms with Crippen LogP contribution in [-0.2, 0) is 9.84 Å². The number of nitrogens with zero attached hydrogens (tertiary/aromatic N) is 3. The van der Waals surface area contributed by atoms with E-state index in [1.54, 1.807) is 35.1 Å². The Kier molecular flexibility index (Phi) is 5.37. The molecular formula is C23H24N4O4S. The highest BCUT2D eigenvalue weighted by Crippen LogP contribution is 2.31. The van der Waals surface area contributed by atoms with Crippen molar-refractivity contribution in [2.45, 2.75) is 38.6 Å². The van der Waals surface area contributed by atoms with Crippen LogP contribution in [-0.4, -0.2) is 35.3 Å². The van der Waals surface area contributed by atoms with Crippen LogP contribution in [0.1, 0.15) is 41.8 Å². The number of carbonyl (C=O) groups excluding carboxylic acids is 1. The van der Waals surface area contributed by atoms with E-state index in [9.17, 15) is 13.2 Å². The van der Waals surface area contributed by atoms with E-state index in [-0.39, 0.29) is 16.6 Å². The van der Waals surface area contributed by atoms with Gasteiger partial charge in [-0.05, 0) is 52.0 Å². The fraction of sp³-hybridized carbons (Fsp3) is 0.261. The second-order valence-corrected chi connectivity index (χ2v) is 10.0. The maximum Gasteiger partial charge on any atom is 0.256 e. The Morgan fingerprint density at radius 3 is 2.50 bits per heavy atom. The highest BCUT2D eigenvalue weighted by molar-refractivity contribution is 7.90. The molecule has 0 aliphatic carbocycles. The van der Waals surface area contributed by atoms with Crippen LogP contribution in [0.2, 0.25) is 0 Å². The van der Waals surface area contributed by atoms with Crippen molar-refractivity contribution in [3.05, 3.63) is 59.7 Å². The predicted molar refractivity (Wildman–Crippen MR) is 123 cm³/mol. The average molecular weight is 453 g/mol. The van der Waals surface area contributed by atoms with Crippen LogP contribution >= 0.6 is 0 Å². The number of furan rings is 1. The first-order chi connectivity index (χ1) is 15.1. The summed E-state index contributed by atoms with van der Waals surface area (Å²) in [6.45, 7) is 7.66. The fourth-order valence-corrected chi connectivity index (χ4v) is 4.53. The van der Waals surface area contributed by atoms with E-state index in [2.05, 4.69) is 10.4 Å². The third kappa shape index (κ3) is 3.91. The molecule has 0 saturated heterocycles. The minimum atomic E-state index is -3.52. The van der Waals surface area contributed by atoms with Crippen LogP contribution in [0.25, 0.3) is 22.3 Å². The van der Waals surface area contributed by atoms with Crippen LogP contribution in [0.15, 0.2) is 51.9 Å². The average Bonchev–Trinajstić information content (AvgIpc) is 3.29. The quantitative estimate of drug-likeness (QED) is 0.476. The lowest BCUT2D eigenvalue weighted by molar-refractivity contribution is 0.102. The number of rotatable bonds is 5. The van der Waals surface area contributed by atoms with Gasteiger partial charge in [-0.2, -0.15) is 5.10 Å². The van der Waals surface area contributed by atoms with Gasteiger partial charge in [-0.25, -0.2) is 18.1 Å². The van der Waals surface area contributed by atoms with Crippen molar-refractivity contribution in [1.82, 2.24) is 14.8 Å². The third-order valence-electron chi connectivity index (χ3n) is 5.15. The van der Waals surface area contributed by atoms with Crippen LogP contribution in [0.3, 0.4) is 0 Å². The van der Waals surface area contributed by atoms with E-state index in [0.717, 1.165) is 17.6 Å². The van der Waals surface area contributed by atoms with Crippen LogP contribution < -0.4 is 5.32 Å². The van der Waals surface area contributed by atoms with E-state index in [1.807, 2.05) is 33.8 Å². The lowest BCUT2D eigenvalue weighted by Crippen LogP contribution is -2.15. The summed E-state index contributed by atoms with van der Waals surface area (Å²) in [4.78, 5) is 18.2. The first-order valence-electron chi connectivity index (χ1n) is 10.1. The molecule has 1 amide bonds. The van der Waals surface area contributed by atoms with Crippen molar-refractivity contribution in [3.8, 4) is 11.3 Å². The van der Waals surface area contributed by atoms with Crippen molar-refractivity contribution < 1.29 is 17.6 Å². The molecule has 4 aromatic rings. The van der Waals surface area contributed by atoms with Gasteiger partial charge in [-0.15, -0.1) is 0 Å². The Balaban J connectivity index is 1.89. The summed E-state index contributed by atoms with van der Waals surface area (Å²) >= 11 is 0. The number of nitrogens with one attached hydrogen (secondary N) is 1. The summed E-state index contributed by atoms with van der Waals surface area (Å²) in [5.41, 5.74) is 2.50. The van der Waals surface area contributed by atoms with E-state index in [0.29, 0.717) is 28.1 Å². The van der Waals surface area contributed by atoms with Gasteiger partial charge in [0.05, 0.1) is 33.4 Å². The Morgan fingerprint density at radius 2 is 1.88 bits per heavy atom. The lowest BCUT2D eigenvalue weighted by Gasteiger charge is -2.12. The number of aryl methyl sites for hydroxylation is 2. The van der Waals surface area contributed by atoms with Crippen molar-refractivity contribution >= 4 is 32.5 Å². The molecular weight excluding hydrogens is 428 g/mol. The zero-order valence-corrected chi connectivity index (χ0v) is 19.3. The predicted octanol–water partition coefficient (Wildman–Crippen LogP) is 4.54. The minimum Gasteiger partial charge on any atom is -0.466 e. The van der Waals surface area contributed by atoms with E-state index >= 15 is 0 Å². The summed E-state index contributed by atoms with van der Waals surface area (Å²) < 4.78 is 31.7. The van der Waals surface area contributed by atoms with Crippen molar-refractivity contribution in [2.75, 3.05) is 11.6 Å². The van der Waals surface area contributed by atoms with E-state index in [1.165, 1.54) is 6.07 Å². The number of aromatic nitrogens is 3. The van der Waals surface area contributed by atoms with Gasteiger partial charge in [0.15, 0.2) is 15.5 Å². The molecule has 1 aromatic carbocycles. The Hall–Kier alpha value is -3.46. The molecule has 0 atom stereocenters. The topological polar surface area (TPSA) is 107 Å². The van der Waals surface area contributed by atoms with Crippen molar-refractivity contribution in [3.63, 3.8) is 0 Å². The highest BCUT2D eigenvalue weighted by atomic mass is 32.2. The molecule has 3 aromatic heterocycles. The number of pyridine rings is 1. The summed E-state index contributed by atoms with van der Waals surface area (Å²) in [5.74, 6) is 0.986. The Bertz CT molecular complexity index is 1450.